The molecule has 0 bridgehead atoms. The zero-order chi connectivity index (χ0) is 18.8. The molecule has 0 amide bonds. The molecule has 1 aliphatic rings. The smallest absolute Gasteiger partial charge is 0.198 e. The molecule has 5 heteroatoms. The molecule has 1 atom stereocenters. The Balaban J connectivity index is 1.82. The number of rotatable bonds is 6. The highest BCUT2D eigenvalue weighted by molar-refractivity contribution is 7.99. The first kappa shape index (κ1) is 18.5. The third kappa shape index (κ3) is 3.50. The van der Waals surface area contributed by atoms with Crippen LogP contribution in [-0.2, 0) is 6.54 Å². The summed E-state index contributed by atoms with van der Waals surface area (Å²) in [5.41, 5.74) is 3.96. The summed E-state index contributed by atoms with van der Waals surface area (Å²) in [4.78, 5) is 17.7. The van der Waals surface area contributed by atoms with Gasteiger partial charge in [-0.1, -0.05) is 38.0 Å². The molecule has 27 heavy (non-hydrogen) atoms. The van der Waals surface area contributed by atoms with E-state index in [1.807, 2.05) is 24.8 Å². The Hall–Kier alpha value is -1.85. The number of ketones is 1. The van der Waals surface area contributed by atoms with Crippen LogP contribution in [0.15, 0.2) is 30.3 Å². The van der Waals surface area contributed by atoms with Crippen molar-refractivity contribution >= 4 is 39.4 Å². The molecular formula is C22H27N3OS. The highest BCUT2D eigenvalue weighted by atomic mass is 32.2. The van der Waals surface area contributed by atoms with Gasteiger partial charge in [0.05, 0.1) is 17.3 Å². The fourth-order valence-electron chi connectivity index (χ4n) is 4.06. The van der Waals surface area contributed by atoms with Crippen LogP contribution >= 0.6 is 11.8 Å². The second-order valence-electron chi connectivity index (χ2n) is 7.31. The highest BCUT2D eigenvalue weighted by Crippen LogP contribution is 2.32. The largest absolute Gasteiger partial charge is 0.339 e. The number of carbonyl (C=O) groups is 1. The van der Waals surface area contributed by atoms with Crippen molar-refractivity contribution in [3.8, 4) is 0 Å². The Kier molecular flexibility index (Phi) is 5.50. The summed E-state index contributed by atoms with van der Waals surface area (Å²) in [7, 11) is 0. The second kappa shape index (κ2) is 8.03. The van der Waals surface area contributed by atoms with E-state index in [1.54, 1.807) is 0 Å². The van der Waals surface area contributed by atoms with Crippen molar-refractivity contribution in [2.24, 2.45) is 0 Å². The minimum absolute atomic E-state index is 0.119. The normalized spacial score (nSPS) is 17.6. The molecule has 4 rings (SSSR count). The van der Waals surface area contributed by atoms with E-state index in [4.69, 9.17) is 4.98 Å². The van der Waals surface area contributed by atoms with Crippen LogP contribution in [0.3, 0.4) is 0 Å². The van der Waals surface area contributed by atoms with Crippen molar-refractivity contribution in [3.63, 3.8) is 0 Å². The van der Waals surface area contributed by atoms with E-state index >= 15 is 0 Å². The summed E-state index contributed by atoms with van der Waals surface area (Å²) in [6, 6.07) is 10.4. The Morgan fingerprint density at radius 1 is 1.30 bits per heavy atom. The van der Waals surface area contributed by atoms with Gasteiger partial charge >= 0.3 is 0 Å². The van der Waals surface area contributed by atoms with E-state index in [2.05, 4.69) is 41.1 Å². The van der Waals surface area contributed by atoms with Gasteiger partial charge in [0.1, 0.15) is 5.69 Å². The van der Waals surface area contributed by atoms with E-state index < -0.39 is 0 Å². The summed E-state index contributed by atoms with van der Waals surface area (Å²) in [5, 5.41) is 5.72. The molecule has 0 radical (unpaired) electrons. The quantitative estimate of drug-likeness (QED) is 0.502. The summed E-state index contributed by atoms with van der Waals surface area (Å²) in [6.45, 7) is 6.15. The number of aryl methyl sites for hydroxylation is 2. The van der Waals surface area contributed by atoms with Crippen molar-refractivity contribution < 1.29 is 4.79 Å². The molecule has 1 unspecified atom stereocenters. The number of thioether (sulfide) groups is 1. The lowest BCUT2D eigenvalue weighted by Crippen LogP contribution is -2.43. The van der Waals surface area contributed by atoms with Crippen molar-refractivity contribution in [3.05, 3.63) is 41.7 Å². The van der Waals surface area contributed by atoms with Crippen molar-refractivity contribution in [2.45, 2.75) is 45.7 Å². The van der Waals surface area contributed by atoms with Crippen LogP contribution in [0.25, 0.3) is 21.8 Å². The van der Waals surface area contributed by atoms with Gasteiger partial charge in [0.15, 0.2) is 5.78 Å². The molecule has 1 aliphatic heterocycles. The third-order valence-electron chi connectivity index (χ3n) is 5.40. The van der Waals surface area contributed by atoms with Crippen LogP contribution in [0.4, 0.5) is 0 Å². The number of aromatic nitrogens is 2. The van der Waals surface area contributed by atoms with E-state index in [9.17, 15) is 4.79 Å². The summed E-state index contributed by atoms with van der Waals surface area (Å²) in [6.07, 6.45) is 3.59. The van der Waals surface area contributed by atoms with E-state index in [0.717, 1.165) is 42.1 Å². The number of fused-ring (bicyclic) bond motifs is 3. The Morgan fingerprint density at radius 2 is 2.15 bits per heavy atom. The number of carbonyl (C=O) groups excluding carboxylic acids is 1. The van der Waals surface area contributed by atoms with Crippen LogP contribution in [0, 0.1) is 6.92 Å². The molecule has 1 aromatic carbocycles. The van der Waals surface area contributed by atoms with Gasteiger partial charge in [0, 0.05) is 40.9 Å². The van der Waals surface area contributed by atoms with Crippen LogP contribution in [0.5, 0.6) is 0 Å². The first-order valence-corrected chi connectivity index (χ1v) is 11.1. The molecule has 0 spiro atoms. The molecule has 0 saturated carbocycles. The molecule has 2 aromatic heterocycles. The minimum Gasteiger partial charge on any atom is -0.339 e. The molecule has 1 fully saturated rings. The van der Waals surface area contributed by atoms with Crippen LogP contribution in [0.1, 0.15) is 42.4 Å². The number of benzene rings is 1. The zero-order valence-electron chi connectivity index (χ0n) is 16.1. The van der Waals surface area contributed by atoms with E-state index in [1.165, 1.54) is 29.3 Å². The lowest BCUT2D eigenvalue weighted by Gasteiger charge is -2.21. The Bertz CT molecular complexity index is 973. The van der Waals surface area contributed by atoms with Crippen molar-refractivity contribution in [2.75, 3.05) is 18.1 Å². The monoisotopic (exact) mass is 381 g/mol. The maximum absolute atomic E-state index is 13.0. The third-order valence-corrected chi connectivity index (χ3v) is 6.46. The summed E-state index contributed by atoms with van der Waals surface area (Å²) < 4.78 is 2.39. The first-order chi connectivity index (χ1) is 13.2. The standard InChI is InChI=1S/C22H27N3OS/c1-3-4-7-11-25-20-9-6-5-8-16(20)17-13-18(24-15(2)21(17)25)22(26)19-14-27-12-10-23-19/h5-6,8-9,13,19,23H,3-4,7,10-12,14H2,1-2H3. The molecule has 142 valence electrons. The van der Waals surface area contributed by atoms with Crippen LogP contribution in [0.2, 0.25) is 0 Å². The van der Waals surface area contributed by atoms with Crippen molar-refractivity contribution in [1.29, 1.82) is 0 Å². The lowest BCUT2D eigenvalue weighted by molar-refractivity contribution is 0.0948. The lowest BCUT2D eigenvalue weighted by atomic mass is 10.1. The number of hydrogen-bond acceptors (Lipinski definition) is 4. The summed E-state index contributed by atoms with van der Waals surface area (Å²) >= 11 is 1.84. The predicted molar refractivity (Wildman–Crippen MR) is 115 cm³/mol. The van der Waals surface area contributed by atoms with Gasteiger partial charge in [-0.25, -0.2) is 4.98 Å². The average Bonchev–Trinajstić information content (AvgIpc) is 3.03. The number of nitrogens with zero attached hydrogens (tertiary/aromatic N) is 2. The van der Waals surface area contributed by atoms with E-state index in [-0.39, 0.29) is 11.8 Å². The molecule has 3 heterocycles. The molecule has 4 nitrogen and oxygen atoms in total. The van der Waals surface area contributed by atoms with Gasteiger partial charge < -0.3 is 9.88 Å². The molecular weight excluding hydrogens is 354 g/mol. The zero-order valence-corrected chi connectivity index (χ0v) is 16.9. The number of unbranched alkanes of at least 4 members (excludes halogenated alkanes) is 2. The van der Waals surface area contributed by atoms with Gasteiger partial charge in [-0.05, 0) is 25.5 Å². The second-order valence-corrected chi connectivity index (χ2v) is 8.46. The van der Waals surface area contributed by atoms with Gasteiger partial charge in [-0.3, -0.25) is 4.79 Å². The number of para-hydroxylation sites is 1. The van der Waals surface area contributed by atoms with Gasteiger partial charge in [0.25, 0.3) is 0 Å². The topological polar surface area (TPSA) is 46.9 Å². The molecule has 3 aromatic rings. The average molecular weight is 382 g/mol. The van der Waals surface area contributed by atoms with Crippen molar-refractivity contribution in [1.82, 2.24) is 14.9 Å². The molecule has 0 aliphatic carbocycles. The minimum atomic E-state index is -0.119. The fraction of sp³-hybridized carbons (Fsp3) is 0.455. The number of nitrogens with one attached hydrogen (secondary N) is 1. The SMILES string of the molecule is CCCCCn1c2ccccc2c2cc(C(=O)C3CSCCN3)nc(C)c21. The number of hydrogen-bond donors (Lipinski definition) is 1. The fourth-order valence-corrected chi connectivity index (χ4v) is 4.99. The molecule has 1 N–H and O–H groups in total. The maximum atomic E-state index is 13.0. The number of pyridine rings is 1. The first-order valence-electron chi connectivity index (χ1n) is 9.94. The summed E-state index contributed by atoms with van der Waals surface area (Å²) in [5.74, 6) is 2.02. The maximum Gasteiger partial charge on any atom is 0.198 e. The van der Waals surface area contributed by atoms with Crippen LogP contribution in [-0.4, -0.2) is 39.4 Å². The van der Waals surface area contributed by atoms with Gasteiger partial charge in [-0.15, -0.1) is 0 Å². The van der Waals surface area contributed by atoms with Gasteiger partial charge in [0.2, 0.25) is 0 Å². The van der Waals surface area contributed by atoms with Crippen LogP contribution < -0.4 is 5.32 Å². The highest BCUT2D eigenvalue weighted by Gasteiger charge is 2.25. The Morgan fingerprint density at radius 3 is 2.93 bits per heavy atom. The van der Waals surface area contributed by atoms with E-state index in [0.29, 0.717) is 5.69 Å². The molecule has 1 saturated heterocycles. The number of Topliss-reactive ketones (excluding diaryl/α,β-unsaturated/α-hetero) is 1. The Labute approximate surface area is 164 Å². The van der Waals surface area contributed by atoms with Gasteiger partial charge in [-0.2, -0.15) is 11.8 Å². The predicted octanol–water partition coefficient (Wildman–Crippen LogP) is 4.58.